The third-order valence-corrected chi connectivity index (χ3v) is 1.76. The van der Waals surface area contributed by atoms with Crippen LogP contribution < -0.4 is 5.73 Å². The lowest BCUT2D eigenvalue weighted by molar-refractivity contribution is 0.181. The number of aromatic nitrogens is 3. The topological polar surface area (TPSA) is 66.0 Å². The number of hydrogen-bond acceptors (Lipinski definition) is 4. The maximum Gasteiger partial charge on any atom is 0.165 e. The molecule has 1 atom stereocenters. The third-order valence-electron chi connectivity index (χ3n) is 1.76. The highest BCUT2D eigenvalue weighted by Gasteiger charge is 2.18. The minimum absolute atomic E-state index is 0. The molecule has 68 valence electrons. The molecule has 1 aromatic rings. The van der Waals surface area contributed by atoms with Crippen LogP contribution in [0, 0.1) is 0 Å². The van der Waals surface area contributed by atoms with Crippen molar-refractivity contribution in [2.24, 2.45) is 0 Å². The van der Waals surface area contributed by atoms with E-state index in [2.05, 4.69) is 10.2 Å². The minimum atomic E-state index is 0. The van der Waals surface area contributed by atoms with E-state index in [1.165, 1.54) is 0 Å². The fourth-order valence-corrected chi connectivity index (χ4v) is 1.17. The Balaban J connectivity index is 0.000000720. The van der Waals surface area contributed by atoms with Crippen molar-refractivity contribution in [3.63, 3.8) is 0 Å². The molecule has 1 aliphatic heterocycles. The Bertz CT molecular complexity index is 245. The van der Waals surface area contributed by atoms with Gasteiger partial charge in [0.2, 0.25) is 0 Å². The van der Waals surface area contributed by atoms with Gasteiger partial charge in [0.25, 0.3) is 0 Å². The molecular weight excluding hydrogens is 180 g/mol. The molecule has 12 heavy (non-hydrogen) atoms. The van der Waals surface area contributed by atoms with Gasteiger partial charge in [-0.3, -0.25) is 0 Å². The summed E-state index contributed by atoms with van der Waals surface area (Å²) in [6, 6.07) is 0.285. The number of anilines is 1. The molecule has 5 nitrogen and oxygen atoms in total. The molecule has 1 aliphatic rings. The molecule has 0 aliphatic carbocycles. The van der Waals surface area contributed by atoms with Gasteiger partial charge in [-0.05, 0) is 6.42 Å². The second-order valence-electron chi connectivity index (χ2n) is 2.61. The van der Waals surface area contributed by atoms with Crippen LogP contribution in [0.5, 0.6) is 0 Å². The van der Waals surface area contributed by atoms with E-state index in [1.54, 1.807) is 11.0 Å². The summed E-state index contributed by atoms with van der Waals surface area (Å²) in [5.41, 5.74) is 5.41. The standard InChI is InChI=1S/C6H10N4O.ClH/c7-6-3-8-10(9-6)5-1-2-11-4-5;/h3,5H,1-2,4H2,(H2,7,9);1H. The van der Waals surface area contributed by atoms with E-state index >= 15 is 0 Å². The van der Waals surface area contributed by atoms with Crippen LogP contribution in [0.15, 0.2) is 6.20 Å². The first-order chi connectivity index (χ1) is 5.36. The molecule has 0 spiro atoms. The smallest absolute Gasteiger partial charge is 0.165 e. The summed E-state index contributed by atoms with van der Waals surface area (Å²) < 4.78 is 5.18. The first-order valence-corrected chi connectivity index (χ1v) is 3.61. The molecule has 0 saturated carbocycles. The minimum Gasteiger partial charge on any atom is -0.381 e. The average Bonchev–Trinajstić information content (AvgIpc) is 2.55. The molecule has 6 heteroatoms. The number of nitrogens with zero attached hydrogens (tertiary/aromatic N) is 3. The fraction of sp³-hybridized carbons (Fsp3) is 0.667. The summed E-state index contributed by atoms with van der Waals surface area (Å²) in [6.07, 6.45) is 2.53. The van der Waals surface area contributed by atoms with Gasteiger partial charge >= 0.3 is 0 Å². The van der Waals surface area contributed by atoms with E-state index in [1.807, 2.05) is 0 Å². The fourth-order valence-electron chi connectivity index (χ4n) is 1.17. The Labute approximate surface area is 76.3 Å². The first-order valence-electron chi connectivity index (χ1n) is 3.61. The lowest BCUT2D eigenvalue weighted by Gasteiger charge is -2.03. The number of halogens is 1. The summed E-state index contributed by atoms with van der Waals surface area (Å²) >= 11 is 0. The highest BCUT2D eigenvalue weighted by molar-refractivity contribution is 5.85. The maximum atomic E-state index is 5.41. The van der Waals surface area contributed by atoms with Crippen LogP contribution in [0.2, 0.25) is 0 Å². The maximum absolute atomic E-state index is 5.41. The van der Waals surface area contributed by atoms with Gasteiger partial charge < -0.3 is 10.5 Å². The summed E-state index contributed by atoms with van der Waals surface area (Å²) in [7, 11) is 0. The van der Waals surface area contributed by atoms with Crippen molar-refractivity contribution in [2.45, 2.75) is 12.5 Å². The van der Waals surface area contributed by atoms with Crippen LogP contribution in [0.3, 0.4) is 0 Å². The molecule has 1 fully saturated rings. The van der Waals surface area contributed by atoms with Crippen LogP contribution in [0.25, 0.3) is 0 Å². The average molecular weight is 191 g/mol. The zero-order valence-corrected chi connectivity index (χ0v) is 7.33. The lowest BCUT2D eigenvalue weighted by Crippen LogP contribution is -2.11. The Morgan fingerprint density at radius 3 is 3.00 bits per heavy atom. The van der Waals surface area contributed by atoms with Crippen molar-refractivity contribution in [3.05, 3.63) is 6.20 Å². The molecule has 0 aromatic carbocycles. The summed E-state index contributed by atoms with van der Waals surface area (Å²) in [5, 5.41) is 7.99. The predicted octanol–water partition coefficient (Wildman–Crippen LogP) is 0.243. The van der Waals surface area contributed by atoms with Gasteiger partial charge in [0.1, 0.15) is 0 Å². The molecule has 0 radical (unpaired) electrons. The number of nitrogen functional groups attached to an aromatic ring is 1. The largest absolute Gasteiger partial charge is 0.381 e. The highest BCUT2D eigenvalue weighted by Crippen LogP contribution is 2.16. The summed E-state index contributed by atoms with van der Waals surface area (Å²) in [4.78, 5) is 1.63. The second kappa shape index (κ2) is 3.73. The van der Waals surface area contributed by atoms with Crippen LogP contribution in [0.4, 0.5) is 5.82 Å². The Hall–Kier alpha value is -0.810. The van der Waals surface area contributed by atoms with Crippen molar-refractivity contribution in [3.8, 4) is 0 Å². The van der Waals surface area contributed by atoms with Crippen molar-refractivity contribution in [2.75, 3.05) is 18.9 Å². The van der Waals surface area contributed by atoms with E-state index in [4.69, 9.17) is 10.5 Å². The zero-order chi connectivity index (χ0) is 7.68. The lowest BCUT2D eigenvalue weighted by atomic mass is 10.3. The molecule has 2 heterocycles. The highest BCUT2D eigenvalue weighted by atomic mass is 35.5. The molecule has 2 rings (SSSR count). The van der Waals surface area contributed by atoms with Gasteiger partial charge in [0, 0.05) is 6.61 Å². The van der Waals surface area contributed by atoms with Crippen LogP contribution in [-0.4, -0.2) is 28.2 Å². The molecular formula is C6H11ClN4O. The molecule has 1 aromatic heterocycles. The van der Waals surface area contributed by atoms with Gasteiger partial charge in [-0.25, -0.2) is 0 Å². The van der Waals surface area contributed by atoms with Gasteiger partial charge in [-0.1, -0.05) is 0 Å². The van der Waals surface area contributed by atoms with Crippen LogP contribution >= 0.6 is 12.4 Å². The van der Waals surface area contributed by atoms with Crippen LogP contribution in [-0.2, 0) is 4.74 Å². The summed E-state index contributed by atoms with van der Waals surface area (Å²) in [5.74, 6) is 0.469. The van der Waals surface area contributed by atoms with E-state index in [-0.39, 0.29) is 18.4 Å². The number of ether oxygens (including phenoxy) is 1. The number of nitrogens with two attached hydrogens (primary N) is 1. The predicted molar refractivity (Wildman–Crippen MR) is 46.2 cm³/mol. The van der Waals surface area contributed by atoms with E-state index < -0.39 is 0 Å². The molecule has 1 unspecified atom stereocenters. The quantitative estimate of drug-likeness (QED) is 0.689. The van der Waals surface area contributed by atoms with Gasteiger partial charge in [0.15, 0.2) is 5.82 Å². The monoisotopic (exact) mass is 190 g/mol. The third kappa shape index (κ3) is 1.67. The van der Waals surface area contributed by atoms with Crippen molar-refractivity contribution in [1.29, 1.82) is 0 Å². The van der Waals surface area contributed by atoms with Crippen molar-refractivity contribution >= 4 is 18.2 Å². The zero-order valence-electron chi connectivity index (χ0n) is 6.51. The van der Waals surface area contributed by atoms with Crippen molar-refractivity contribution in [1.82, 2.24) is 15.0 Å². The first kappa shape index (κ1) is 9.28. The van der Waals surface area contributed by atoms with Crippen molar-refractivity contribution < 1.29 is 4.74 Å². The molecule has 0 bridgehead atoms. The normalized spacial score (nSPS) is 22.2. The Morgan fingerprint density at radius 1 is 1.67 bits per heavy atom. The van der Waals surface area contributed by atoms with E-state index in [0.717, 1.165) is 13.0 Å². The second-order valence-corrected chi connectivity index (χ2v) is 2.61. The molecule has 2 N–H and O–H groups in total. The van der Waals surface area contributed by atoms with Gasteiger partial charge in [-0.2, -0.15) is 9.90 Å². The number of hydrogen-bond donors (Lipinski definition) is 1. The van der Waals surface area contributed by atoms with Crippen LogP contribution in [0.1, 0.15) is 12.5 Å². The van der Waals surface area contributed by atoms with Gasteiger partial charge in [0.05, 0.1) is 18.8 Å². The Morgan fingerprint density at radius 2 is 2.50 bits per heavy atom. The SMILES string of the molecule is Cl.Nc1cnn(C2CCOC2)n1. The Kier molecular flexibility index (Phi) is 2.88. The van der Waals surface area contributed by atoms with E-state index in [0.29, 0.717) is 12.4 Å². The van der Waals surface area contributed by atoms with E-state index in [9.17, 15) is 0 Å². The molecule has 0 amide bonds. The number of rotatable bonds is 1. The summed E-state index contributed by atoms with van der Waals surface area (Å²) in [6.45, 7) is 1.50. The van der Waals surface area contributed by atoms with Gasteiger partial charge in [-0.15, -0.1) is 17.5 Å². The molecule has 1 saturated heterocycles.